The highest BCUT2D eigenvalue weighted by atomic mass is 35.5. The summed E-state index contributed by atoms with van der Waals surface area (Å²) in [5.41, 5.74) is 2.81. The molecule has 0 atom stereocenters. The number of nitrogens with zero attached hydrogens (tertiary/aromatic N) is 2. The molecule has 2 aromatic heterocycles. The molecule has 1 fully saturated rings. The average Bonchev–Trinajstić information content (AvgIpc) is 3.36. The van der Waals surface area contributed by atoms with E-state index in [-0.39, 0.29) is 24.8 Å². The molecule has 0 radical (unpaired) electrons. The van der Waals surface area contributed by atoms with Crippen molar-refractivity contribution in [3.05, 3.63) is 58.8 Å². The Hall–Kier alpha value is -2.05. The minimum Gasteiger partial charge on any atom is -0.508 e. The van der Waals surface area contributed by atoms with Gasteiger partial charge in [-0.25, -0.2) is 4.98 Å². The summed E-state index contributed by atoms with van der Waals surface area (Å²) in [7, 11) is 0. The Kier molecular flexibility index (Phi) is 6.85. The maximum Gasteiger partial charge on any atom is 0.139 e. The van der Waals surface area contributed by atoms with Gasteiger partial charge >= 0.3 is 0 Å². The van der Waals surface area contributed by atoms with Crippen LogP contribution in [0.1, 0.15) is 18.4 Å². The topological polar surface area (TPSA) is 48.4 Å². The van der Waals surface area contributed by atoms with Crippen molar-refractivity contribution >= 4 is 69.3 Å². The van der Waals surface area contributed by atoms with Crippen LogP contribution in [0.25, 0.3) is 21.7 Å². The first-order chi connectivity index (χ1) is 13.3. The van der Waals surface area contributed by atoms with Crippen LogP contribution in [0.4, 0.5) is 11.5 Å². The number of aromatic hydroxyl groups is 1. The molecule has 4 aromatic rings. The maximum atomic E-state index is 10.5. The highest BCUT2D eigenvalue weighted by Crippen LogP contribution is 2.34. The highest BCUT2D eigenvalue weighted by Gasteiger charge is 2.14. The van der Waals surface area contributed by atoms with Crippen molar-refractivity contribution in [2.45, 2.75) is 19.4 Å². The summed E-state index contributed by atoms with van der Waals surface area (Å²) in [6, 6.07) is 14.1. The maximum absolute atomic E-state index is 10.5. The van der Waals surface area contributed by atoms with E-state index in [9.17, 15) is 5.11 Å². The van der Waals surface area contributed by atoms with Crippen LogP contribution in [0.3, 0.4) is 0 Å². The normalized spacial score (nSPS) is 13.9. The number of phenols is 1. The SMILES string of the molecule is Cl.Cl.Oc1cc(Nc2nc3ccccc3c3cscc23)ccc1CN1CCCC1. The fourth-order valence-corrected chi connectivity index (χ4v) is 4.69. The zero-order valence-corrected chi connectivity index (χ0v) is 18.2. The standard InChI is InChI=1S/C22H21N3OS.2ClH/c26-21-11-16(8-7-15(21)12-25-9-3-4-10-25)23-22-19-14-27-13-18(19)17-5-1-2-6-20(17)24-22;;/h1-2,5-8,11,13-14,26H,3-4,9-10,12H2,(H,23,24);2*1H. The molecule has 1 aliphatic rings. The number of thiophene rings is 1. The number of likely N-dealkylation sites (tertiary alicyclic amines) is 1. The molecule has 0 saturated carbocycles. The van der Waals surface area contributed by atoms with Crippen molar-refractivity contribution in [3.63, 3.8) is 0 Å². The number of fused-ring (bicyclic) bond motifs is 3. The van der Waals surface area contributed by atoms with Gasteiger partial charge in [-0.05, 0) is 43.4 Å². The third-order valence-electron chi connectivity index (χ3n) is 5.28. The van der Waals surface area contributed by atoms with E-state index in [1.165, 1.54) is 23.6 Å². The van der Waals surface area contributed by atoms with Crippen LogP contribution in [-0.4, -0.2) is 28.1 Å². The molecule has 152 valence electrons. The first-order valence-electron chi connectivity index (χ1n) is 9.34. The van der Waals surface area contributed by atoms with Crippen LogP contribution in [0, 0.1) is 0 Å². The summed E-state index contributed by atoms with van der Waals surface area (Å²) < 4.78 is 0. The molecule has 2 N–H and O–H groups in total. The molecular weight excluding hydrogens is 425 g/mol. The third kappa shape index (κ3) is 4.28. The highest BCUT2D eigenvalue weighted by molar-refractivity contribution is 7.09. The largest absolute Gasteiger partial charge is 0.508 e. The molecule has 0 spiro atoms. The summed E-state index contributed by atoms with van der Waals surface area (Å²) in [6.45, 7) is 3.06. The quantitative estimate of drug-likeness (QED) is 0.383. The number of para-hydroxylation sites is 1. The summed E-state index contributed by atoms with van der Waals surface area (Å²) in [4.78, 5) is 7.20. The van der Waals surface area contributed by atoms with Crippen LogP contribution >= 0.6 is 36.2 Å². The lowest BCUT2D eigenvalue weighted by molar-refractivity contribution is 0.324. The van der Waals surface area contributed by atoms with E-state index in [2.05, 4.69) is 27.0 Å². The van der Waals surface area contributed by atoms with E-state index in [1.807, 2.05) is 30.3 Å². The number of phenolic OH excluding ortho intramolecular Hbond substituents is 1. The number of nitrogens with one attached hydrogen (secondary N) is 1. The zero-order valence-electron chi connectivity index (χ0n) is 15.8. The van der Waals surface area contributed by atoms with Gasteiger partial charge in [0.2, 0.25) is 0 Å². The smallest absolute Gasteiger partial charge is 0.139 e. The predicted molar refractivity (Wildman–Crippen MR) is 128 cm³/mol. The number of pyridine rings is 1. The molecule has 0 unspecified atom stereocenters. The lowest BCUT2D eigenvalue weighted by atomic mass is 10.1. The van der Waals surface area contributed by atoms with Gasteiger partial charge in [0.05, 0.1) is 5.52 Å². The molecule has 1 aliphatic heterocycles. The Morgan fingerprint density at radius 2 is 1.72 bits per heavy atom. The monoisotopic (exact) mass is 447 g/mol. The second kappa shape index (κ2) is 9.18. The van der Waals surface area contributed by atoms with Gasteiger partial charge in [0, 0.05) is 45.4 Å². The Morgan fingerprint density at radius 1 is 0.966 bits per heavy atom. The summed E-state index contributed by atoms with van der Waals surface area (Å²) in [6.07, 6.45) is 2.51. The van der Waals surface area contributed by atoms with Gasteiger partial charge < -0.3 is 10.4 Å². The number of hydrogen-bond donors (Lipinski definition) is 2. The molecule has 0 amide bonds. The first kappa shape index (κ1) is 21.7. The van der Waals surface area contributed by atoms with E-state index < -0.39 is 0 Å². The third-order valence-corrected chi connectivity index (χ3v) is 6.03. The van der Waals surface area contributed by atoms with Crippen molar-refractivity contribution in [1.82, 2.24) is 9.88 Å². The molecule has 4 nitrogen and oxygen atoms in total. The molecule has 2 aromatic carbocycles. The minimum absolute atomic E-state index is 0. The Labute approximate surface area is 186 Å². The van der Waals surface area contributed by atoms with E-state index in [0.717, 1.165) is 47.6 Å². The first-order valence-corrected chi connectivity index (χ1v) is 10.3. The Morgan fingerprint density at radius 3 is 2.52 bits per heavy atom. The lowest BCUT2D eigenvalue weighted by Gasteiger charge is -2.16. The molecule has 3 heterocycles. The van der Waals surface area contributed by atoms with Gasteiger partial charge in [-0.3, -0.25) is 4.90 Å². The van der Waals surface area contributed by atoms with E-state index in [1.54, 1.807) is 17.4 Å². The van der Waals surface area contributed by atoms with Gasteiger partial charge in [-0.15, -0.1) is 24.8 Å². The number of benzene rings is 2. The average molecular weight is 448 g/mol. The van der Waals surface area contributed by atoms with E-state index >= 15 is 0 Å². The van der Waals surface area contributed by atoms with Gasteiger partial charge in [0.15, 0.2) is 0 Å². The van der Waals surface area contributed by atoms with Crippen LogP contribution < -0.4 is 5.32 Å². The van der Waals surface area contributed by atoms with Crippen LogP contribution in [0.5, 0.6) is 5.75 Å². The molecule has 29 heavy (non-hydrogen) atoms. The van der Waals surface area contributed by atoms with E-state index in [4.69, 9.17) is 4.98 Å². The van der Waals surface area contributed by atoms with Gasteiger partial charge in [0.25, 0.3) is 0 Å². The molecule has 5 rings (SSSR count). The lowest BCUT2D eigenvalue weighted by Crippen LogP contribution is -2.18. The zero-order chi connectivity index (χ0) is 18.2. The van der Waals surface area contributed by atoms with Crippen molar-refractivity contribution < 1.29 is 5.11 Å². The van der Waals surface area contributed by atoms with Gasteiger partial charge in [-0.1, -0.05) is 24.3 Å². The van der Waals surface area contributed by atoms with Crippen LogP contribution in [0.15, 0.2) is 53.2 Å². The minimum atomic E-state index is 0. The van der Waals surface area contributed by atoms with Crippen LogP contribution in [0.2, 0.25) is 0 Å². The molecule has 1 saturated heterocycles. The van der Waals surface area contributed by atoms with Crippen molar-refractivity contribution in [3.8, 4) is 5.75 Å². The second-order valence-electron chi connectivity index (χ2n) is 7.13. The van der Waals surface area contributed by atoms with Crippen molar-refractivity contribution in [2.75, 3.05) is 18.4 Å². The fraction of sp³-hybridized carbons (Fsp3) is 0.227. The van der Waals surface area contributed by atoms with Crippen LogP contribution in [-0.2, 0) is 6.54 Å². The van der Waals surface area contributed by atoms with Crippen molar-refractivity contribution in [1.29, 1.82) is 0 Å². The van der Waals surface area contributed by atoms with E-state index in [0.29, 0.717) is 5.75 Å². The number of anilines is 2. The summed E-state index contributed by atoms with van der Waals surface area (Å²) in [5, 5.41) is 21.7. The molecule has 0 aliphatic carbocycles. The Bertz CT molecular complexity index is 1130. The van der Waals surface area contributed by atoms with Gasteiger partial charge in [-0.2, -0.15) is 11.3 Å². The predicted octanol–water partition coefficient (Wildman–Crippen LogP) is 6.34. The Balaban J connectivity index is 0.00000120. The summed E-state index contributed by atoms with van der Waals surface area (Å²) >= 11 is 1.68. The second-order valence-corrected chi connectivity index (χ2v) is 7.87. The molecule has 7 heteroatoms. The van der Waals surface area contributed by atoms with Gasteiger partial charge in [0.1, 0.15) is 11.6 Å². The number of halogens is 2. The number of rotatable bonds is 4. The number of aromatic nitrogens is 1. The summed E-state index contributed by atoms with van der Waals surface area (Å²) in [5.74, 6) is 1.17. The number of hydrogen-bond acceptors (Lipinski definition) is 5. The van der Waals surface area contributed by atoms with Crippen molar-refractivity contribution in [2.24, 2.45) is 0 Å². The fourth-order valence-electron chi connectivity index (χ4n) is 3.86. The molecular formula is C22H23Cl2N3OS. The molecule has 0 bridgehead atoms.